The maximum atomic E-state index is 12.0. The van der Waals surface area contributed by atoms with E-state index in [1.807, 2.05) is 12.1 Å². The SMILES string of the molecule is N#Cc1cccc(N/C=C2\C(=O)Nc3ncc(Br)cc32)c1. The number of anilines is 2. The van der Waals surface area contributed by atoms with Crippen molar-refractivity contribution in [1.82, 2.24) is 4.98 Å². The van der Waals surface area contributed by atoms with Crippen LogP contribution in [0, 0.1) is 11.3 Å². The third-order valence-corrected chi connectivity index (χ3v) is 3.43. The van der Waals surface area contributed by atoms with Gasteiger partial charge in [-0.3, -0.25) is 4.79 Å². The van der Waals surface area contributed by atoms with Crippen LogP contribution in [-0.2, 0) is 4.79 Å². The quantitative estimate of drug-likeness (QED) is 0.823. The van der Waals surface area contributed by atoms with Gasteiger partial charge >= 0.3 is 0 Å². The number of carbonyl (C=O) groups is 1. The molecule has 0 radical (unpaired) electrons. The molecule has 0 aliphatic carbocycles. The van der Waals surface area contributed by atoms with Gasteiger partial charge in [-0.25, -0.2) is 4.98 Å². The normalized spacial score (nSPS) is 14.5. The molecule has 6 heteroatoms. The van der Waals surface area contributed by atoms with E-state index in [-0.39, 0.29) is 5.91 Å². The van der Waals surface area contributed by atoms with Crippen molar-refractivity contribution >= 4 is 38.9 Å². The van der Waals surface area contributed by atoms with Crippen molar-refractivity contribution in [3.8, 4) is 6.07 Å². The number of nitriles is 1. The summed E-state index contributed by atoms with van der Waals surface area (Å²) in [6.45, 7) is 0. The van der Waals surface area contributed by atoms with Gasteiger partial charge in [0.1, 0.15) is 5.82 Å². The number of pyridine rings is 1. The highest BCUT2D eigenvalue weighted by molar-refractivity contribution is 9.10. The Morgan fingerprint density at radius 2 is 2.24 bits per heavy atom. The van der Waals surface area contributed by atoms with Gasteiger partial charge in [-0.05, 0) is 40.2 Å². The number of benzene rings is 1. The fraction of sp³-hybridized carbons (Fsp3) is 0. The van der Waals surface area contributed by atoms with E-state index in [2.05, 4.69) is 37.6 Å². The Morgan fingerprint density at radius 1 is 1.38 bits per heavy atom. The standard InChI is InChI=1S/C15H9BrN4O/c16-10-5-12-13(15(21)20-14(12)19-7-10)8-18-11-3-1-2-9(4-11)6-17/h1-5,7-8,18H,(H,19,20,21)/b13-8-. The molecule has 0 atom stereocenters. The number of fused-ring (bicyclic) bond motifs is 1. The maximum Gasteiger partial charge on any atom is 0.259 e. The Balaban J connectivity index is 1.92. The second kappa shape index (κ2) is 5.38. The van der Waals surface area contributed by atoms with Crippen LogP contribution in [0.25, 0.3) is 5.57 Å². The average Bonchev–Trinajstić information content (AvgIpc) is 2.80. The molecule has 2 aromatic rings. The lowest BCUT2D eigenvalue weighted by Gasteiger charge is -2.03. The van der Waals surface area contributed by atoms with Crippen LogP contribution in [-0.4, -0.2) is 10.9 Å². The first-order valence-electron chi connectivity index (χ1n) is 6.11. The van der Waals surface area contributed by atoms with Crippen molar-refractivity contribution in [3.05, 3.63) is 58.3 Å². The smallest absolute Gasteiger partial charge is 0.259 e. The maximum absolute atomic E-state index is 12.0. The Labute approximate surface area is 129 Å². The predicted molar refractivity (Wildman–Crippen MR) is 83.3 cm³/mol. The highest BCUT2D eigenvalue weighted by Crippen LogP contribution is 2.31. The van der Waals surface area contributed by atoms with Crippen LogP contribution in [0.5, 0.6) is 0 Å². The fourth-order valence-corrected chi connectivity index (χ4v) is 2.35. The first kappa shape index (κ1) is 13.3. The molecule has 0 unspecified atom stereocenters. The lowest BCUT2D eigenvalue weighted by atomic mass is 10.1. The van der Waals surface area contributed by atoms with Crippen molar-refractivity contribution in [1.29, 1.82) is 5.26 Å². The summed E-state index contributed by atoms with van der Waals surface area (Å²) in [6, 6.07) is 10.9. The molecule has 1 aromatic carbocycles. The minimum atomic E-state index is -0.209. The van der Waals surface area contributed by atoms with Crippen molar-refractivity contribution < 1.29 is 4.79 Å². The van der Waals surface area contributed by atoms with E-state index in [1.165, 1.54) is 0 Å². The van der Waals surface area contributed by atoms with Crippen LogP contribution in [0.15, 0.2) is 47.2 Å². The Hall–Kier alpha value is -2.65. The summed E-state index contributed by atoms with van der Waals surface area (Å²) < 4.78 is 0.801. The first-order chi connectivity index (χ1) is 10.2. The molecule has 0 fully saturated rings. The van der Waals surface area contributed by atoms with E-state index in [1.54, 1.807) is 30.6 Å². The van der Waals surface area contributed by atoms with Gasteiger partial charge in [0.25, 0.3) is 5.91 Å². The van der Waals surface area contributed by atoms with E-state index in [4.69, 9.17) is 5.26 Å². The zero-order chi connectivity index (χ0) is 14.8. The number of amides is 1. The van der Waals surface area contributed by atoms with Crippen LogP contribution in [0.3, 0.4) is 0 Å². The molecule has 0 spiro atoms. The number of rotatable bonds is 2. The van der Waals surface area contributed by atoms with Gasteiger partial charge in [-0.15, -0.1) is 0 Å². The third kappa shape index (κ3) is 2.64. The second-order valence-electron chi connectivity index (χ2n) is 4.40. The minimum Gasteiger partial charge on any atom is -0.361 e. The molecule has 2 heterocycles. The monoisotopic (exact) mass is 340 g/mol. The topological polar surface area (TPSA) is 77.8 Å². The zero-order valence-corrected chi connectivity index (χ0v) is 12.3. The van der Waals surface area contributed by atoms with Crippen LogP contribution < -0.4 is 10.6 Å². The zero-order valence-electron chi connectivity index (χ0n) is 10.7. The van der Waals surface area contributed by atoms with Gasteiger partial charge in [0.15, 0.2) is 0 Å². The van der Waals surface area contributed by atoms with Gasteiger partial charge in [-0.1, -0.05) is 6.07 Å². The highest BCUT2D eigenvalue weighted by atomic mass is 79.9. The van der Waals surface area contributed by atoms with Gasteiger partial charge in [0.05, 0.1) is 17.2 Å². The number of hydrogen-bond donors (Lipinski definition) is 2. The van der Waals surface area contributed by atoms with Crippen molar-refractivity contribution in [2.75, 3.05) is 10.6 Å². The molecule has 1 aliphatic rings. The lowest BCUT2D eigenvalue weighted by molar-refractivity contribution is -0.110. The number of nitrogens with one attached hydrogen (secondary N) is 2. The fourth-order valence-electron chi connectivity index (χ4n) is 2.02. The molecule has 0 saturated carbocycles. The van der Waals surface area contributed by atoms with Gasteiger partial charge in [-0.2, -0.15) is 5.26 Å². The molecule has 102 valence electrons. The summed E-state index contributed by atoms with van der Waals surface area (Å²) in [4.78, 5) is 16.1. The number of nitrogens with zero attached hydrogens (tertiary/aromatic N) is 2. The molecule has 0 saturated heterocycles. The number of aromatic nitrogens is 1. The largest absolute Gasteiger partial charge is 0.361 e. The van der Waals surface area contributed by atoms with E-state index in [0.717, 1.165) is 15.7 Å². The molecule has 21 heavy (non-hydrogen) atoms. The Bertz CT molecular complexity index is 808. The molecular formula is C15H9BrN4O. The summed E-state index contributed by atoms with van der Waals surface area (Å²) in [5, 5.41) is 14.6. The second-order valence-corrected chi connectivity index (χ2v) is 5.31. The molecule has 2 N–H and O–H groups in total. The molecule has 5 nitrogen and oxygen atoms in total. The molecule has 1 aliphatic heterocycles. The van der Waals surface area contributed by atoms with Crippen LogP contribution in [0.4, 0.5) is 11.5 Å². The summed E-state index contributed by atoms with van der Waals surface area (Å²) in [6.07, 6.45) is 3.25. The van der Waals surface area contributed by atoms with Crippen molar-refractivity contribution in [3.63, 3.8) is 0 Å². The average molecular weight is 341 g/mol. The predicted octanol–water partition coefficient (Wildman–Crippen LogP) is 3.12. The van der Waals surface area contributed by atoms with Crippen LogP contribution in [0.2, 0.25) is 0 Å². The Kier molecular flexibility index (Phi) is 3.42. The number of carbonyl (C=O) groups excluding carboxylic acids is 1. The van der Waals surface area contributed by atoms with Gasteiger partial charge in [0.2, 0.25) is 0 Å². The first-order valence-corrected chi connectivity index (χ1v) is 6.91. The summed E-state index contributed by atoms with van der Waals surface area (Å²) in [5.41, 5.74) is 2.53. The highest BCUT2D eigenvalue weighted by Gasteiger charge is 2.25. The summed E-state index contributed by atoms with van der Waals surface area (Å²) in [7, 11) is 0. The van der Waals surface area contributed by atoms with E-state index in [0.29, 0.717) is 17.0 Å². The van der Waals surface area contributed by atoms with E-state index in [9.17, 15) is 4.79 Å². The van der Waals surface area contributed by atoms with Gasteiger partial charge < -0.3 is 10.6 Å². The lowest BCUT2D eigenvalue weighted by Crippen LogP contribution is -2.05. The molecule has 0 bridgehead atoms. The van der Waals surface area contributed by atoms with E-state index < -0.39 is 0 Å². The molecule has 1 amide bonds. The molecule has 3 rings (SSSR count). The number of hydrogen-bond acceptors (Lipinski definition) is 4. The van der Waals surface area contributed by atoms with Gasteiger partial charge in [0, 0.05) is 28.1 Å². The third-order valence-electron chi connectivity index (χ3n) is 3.00. The Morgan fingerprint density at radius 3 is 3.05 bits per heavy atom. The van der Waals surface area contributed by atoms with E-state index >= 15 is 0 Å². The minimum absolute atomic E-state index is 0.209. The molecular weight excluding hydrogens is 332 g/mol. The number of halogens is 1. The van der Waals surface area contributed by atoms with Crippen molar-refractivity contribution in [2.24, 2.45) is 0 Å². The van der Waals surface area contributed by atoms with Crippen LogP contribution >= 0.6 is 15.9 Å². The summed E-state index contributed by atoms with van der Waals surface area (Å²) in [5.74, 6) is 0.335. The molecule has 1 aromatic heterocycles. The van der Waals surface area contributed by atoms with Crippen LogP contribution in [0.1, 0.15) is 11.1 Å². The van der Waals surface area contributed by atoms with Crippen molar-refractivity contribution in [2.45, 2.75) is 0 Å². The summed E-state index contributed by atoms with van der Waals surface area (Å²) >= 11 is 3.34.